The maximum absolute atomic E-state index is 13.4. The van der Waals surface area contributed by atoms with Gasteiger partial charge in [-0.1, -0.05) is 42.5 Å². The van der Waals surface area contributed by atoms with Crippen LogP contribution in [0.1, 0.15) is 39.8 Å². The second-order valence-electron chi connectivity index (χ2n) is 9.32. The number of hydrogen-bond acceptors (Lipinski definition) is 6. The van der Waals surface area contributed by atoms with E-state index in [4.69, 9.17) is 13.9 Å². The first-order chi connectivity index (χ1) is 19.4. The Balaban J connectivity index is 0.00000462. The summed E-state index contributed by atoms with van der Waals surface area (Å²) in [5, 5.41) is 12.4. The normalized spacial score (nSPS) is 12.2. The average molecular weight is 568 g/mol. The topological polar surface area (TPSA) is 98.0 Å². The molecule has 210 valence electrons. The van der Waals surface area contributed by atoms with Crippen molar-refractivity contribution in [3.63, 3.8) is 0 Å². The summed E-state index contributed by atoms with van der Waals surface area (Å²) in [5.41, 5.74) is 4.60. The van der Waals surface area contributed by atoms with Crippen molar-refractivity contribution >= 4 is 42.5 Å². The van der Waals surface area contributed by atoms with Gasteiger partial charge in [-0.25, -0.2) is 4.79 Å². The third kappa shape index (κ3) is 7.66. The van der Waals surface area contributed by atoms with Gasteiger partial charge >= 0.3 is 24.8 Å². The molecule has 7 nitrogen and oxygen atoms in total. The first kappa shape index (κ1) is 32.1. The summed E-state index contributed by atoms with van der Waals surface area (Å²) in [6.07, 6.45) is 1.70. The molecule has 0 bridgehead atoms. The molecule has 9 heteroatoms. The number of thioether (sulfide) groups is 1. The summed E-state index contributed by atoms with van der Waals surface area (Å²) in [5.74, 6) is 1.14. The molecule has 0 aliphatic rings. The number of carboxylic acid groups (broad SMARTS) is 1. The van der Waals surface area contributed by atoms with Gasteiger partial charge in [0.1, 0.15) is 29.4 Å². The number of aryl methyl sites for hydroxylation is 1. The van der Waals surface area contributed by atoms with E-state index in [-0.39, 0.29) is 18.9 Å². The van der Waals surface area contributed by atoms with Gasteiger partial charge in [0.25, 0.3) is 5.91 Å². The second kappa shape index (κ2) is 15.0. The molecule has 0 spiro atoms. The zero-order valence-electron chi connectivity index (χ0n) is 23.0. The summed E-state index contributed by atoms with van der Waals surface area (Å²) in [4.78, 5) is 25.2. The molecule has 1 amide bonds. The number of nitrogens with one attached hydrogen (secondary N) is 1. The van der Waals surface area contributed by atoms with Crippen LogP contribution in [0.5, 0.6) is 5.75 Å². The molecule has 41 heavy (non-hydrogen) atoms. The molecule has 0 radical (unpaired) electrons. The zero-order valence-corrected chi connectivity index (χ0v) is 23.8. The number of hydrogen-bond donors (Lipinski definition) is 2. The first-order valence-electron chi connectivity index (χ1n) is 12.9. The van der Waals surface area contributed by atoms with Crippen LogP contribution in [0.25, 0.3) is 22.5 Å². The first-order valence-corrected chi connectivity index (χ1v) is 14.2. The SMILES string of the molecule is COc1cccc(-c2ccc(C(OC)c3ccc(C(=O)NC(CCSC)C(=O)O)c(-c4ccccc4C)c3)o2)c1.[LiH]. The standard InChI is InChI=1S/C32H33NO6S.Li.H/c1-20-8-5-6-11-24(20)26-19-22(12-13-25(26)31(34)33-27(32(35)36)16-17-40-4)30(38-3)29-15-14-28(39-29)21-9-7-10-23(18-21)37-2;;/h5-15,18-19,27,30H,16-17H2,1-4H3,(H,33,34)(H,35,36);;. The van der Waals surface area contributed by atoms with E-state index in [1.54, 1.807) is 20.3 Å². The summed E-state index contributed by atoms with van der Waals surface area (Å²) >= 11 is 1.54. The molecule has 0 aliphatic heterocycles. The molecule has 3 aromatic carbocycles. The Morgan fingerprint density at radius 2 is 1.76 bits per heavy atom. The molecule has 2 unspecified atom stereocenters. The number of ether oxygens (including phenoxy) is 2. The number of furan rings is 1. The predicted octanol–water partition coefficient (Wildman–Crippen LogP) is 5.95. The average Bonchev–Trinajstić information content (AvgIpc) is 3.45. The molecule has 2 N–H and O–H groups in total. The third-order valence-electron chi connectivity index (χ3n) is 6.72. The van der Waals surface area contributed by atoms with E-state index in [9.17, 15) is 14.7 Å². The molecule has 4 aromatic rings. The molecule has 0 saturated carbocycles. The molecular weight excluding hydrogens is 533 g/mol. The van der Waals surface area contributed by atoms with Gasteiger partial charge in [0.2, 0.25) is 0 Å². The Morgan fingerprint density at radius 1 is 0.976 bits per heavy atom. The Labute approximate surface area is 256 Å². The molecule has 2 atom stereocenters. The van der Waals surface area contributed by atoms with Gasteiger partial charge in [-0.3, -0.25) is 4.79 Å². The van der Waals surface area contributed by atoms with Crippen molar-refractivity contribution in [1.82, 2.24) is 5.32 Å². The Kier molecular flexibility index (Phi) is 11.7. The molecule has 0 saturated heterocycles. The van der Waals surface area contributed by atoms with Crippen LogP contribution in [0.3, 0.4) is 0 Å². The van der Waals surface area contributed by atoms with E-state index in [0.717, 1.165) is 28.0 Å². The van der Waals surface area contributed by atoms with Crippen LogP contribution < -0.4 is 10.1 Å². The second-order valence-corrected chi connectivity index (χ2v) is 10.3. The van der Waals surface area contributed by atoms with E-state index in [1.165, 1.54) is 11.8 Å². The molecule has 4 rings (SSSR count). The summed E-state index contributed by atoms with van der Waals surface area (Å²) in [6, 6.07) is 23.6. The molecule has 0 fully saturated rings. The Hall–Kier alpha value is -3.41. The third-order valence-corrected chi connectivity index (χ3v) is 7.36. The molecular formula is C32H34LiNO6S. The fraction of sp³-hybridized carbons (Fsp3) is 0.250. The minimum absolute atomic E-state index is 0. The van der Waals surface area contributed by atoms with Crippen molar-refractivity contribution in [2.75, 3.05) is 26.2 Å². The van der Waals surface area contributed by atoms with E-state index in [1.807, 2.05) is 86.0 Å². The molecule has 1 aromatic heterocycles. The summed E-state index contributed by atoms with van der Waals surface area (Å²) < 4.78 is 17.4. The fourth-order valence-corrected chi connectivity index (χ4v) is 5.06. The van der Waals surface area contributed by atoms with Crippen molar-refractivity contribution in [1.29, 1.82) is 0 Å². The molecule has 0 aliphatic carbocycles. The van der Waals surface area contributed by atoms with Crippen molar-refractivity contribution in [2.45, 2.75) is 25.5 Å². The number of rotatable bonds is 12. The van der Waals surface area contributed by atoms with Crippen LogP contribution in [-0.4, -0.2) is 68.1 Å². The van der Waals surface area contributed by atoms with Crippen LogP contribution in [0, 0.1) is 6.92 Å². The number of aliphatic carboxylic acids is 1. The number of methoxy groups -OCH3 is 2. The summed E-state index contributed by atoms with van der Waals surface area (Å²) in [7, 11) is 3.23. The predicted molar refractivity (Wildman–Crippen MR) is 165 cm³/mol. The van der Waals surface area contributed by atoms with E-state index in [0.29, 0.717) is 34.8 Å². The Morgan fingerprint density at radius 3 is 2.44 bits per heavy atom. The van der Waals surface area contributed by atoms with Gasteiger partial charge in [0, 0.05) is 18.2 Å². The number of amides is 1. The fourth-order valence-electron chi connectivity index (χ4n) is 4.59. The van der Waals surface area contributed by atoms with Crippen molar-refractivity contribution in [3.8, 4) is 28.2 Å². The van der Waals surface area contributed by atoms with Crippen LogP contribution in [-0.2, 0) is 9.53 Å². The van der Waals surface area contributed by atoms with Crippen molar-refractivity contribution < 1.29 is 28.6 Å². The van der Waals surface area contributed by atoms with Crippen molar-refractivity contribution in [2.24, 2.45) is 0 Å². The van der Waals surface area contributed by atoms with Gasteiger partial charge in [-0.15, -0.1) is 0 Å². The van der Waals surface area contributed by atoms with Gasteiger partial charge in [-0.05, 0) is 84.0 Å². The molecule has 1 heterocycles. The van der Waals surface area contributed by atoms with Crippen LogP contribution in [0.4, 0.5) is 0 Å². The maximum atomic E-state index is 13.4. The van der Waals surface area contributed by atoms with Gasteiger partial charge in [0.05, 0.1) is 7.11 Å². The van der Waals surface area contributed by atoms with Crippen LogP contribution >= 0.6 is 11.8 Å². The number of carbonyl (C=O) groups excluding carboxylic acids is 1. The van der Waals surface area contributed by atoms with Gasteiger partial charge in [-0.2, -0.15) is 11.8 Å². The number of benzene rings is 3. The van der Waals surface area contributed by atoms with Gasteiger partial charge < -0.3 is 24.3 Å². The minimum atomic E-state index is -1.06. The van der Waals surface area contributed by atoms with E-state index >= 15 is 0 Å². The van der Waals surface area contributed by atoms with Gasteiger partial charge in [0.15, 0.2) is 0 Å². The monoisotopic (exact) mass is 567 g/mol. The number of carboxylic acids is 1. The summed E-state index contributed by atoms with van der Waals surface area (Å²) in [6.45, 7) is 1.98. The van der Waals surface area contributed by atoms with E-state index in [2.05, 4.69) is 5.32 Å². The Bertz CT molecular complexity index is 1490. The van der Waals surface area contributed by atoms with Crippen LogP contribution in [0.15, 0.2) is 83.3 Å². The quantitative estimate of drug-likeness (QED) is 0.204. The number of carbonyl (C=O) groups is 2. The van der Waals surface area contributed by atoms with E-state index < -0.39 is 24.0 Å². The van der Waals surface area contributed by atoms with Crippen molar-refractivity contribution in [3.05, 3.63) is 101 Å². The zero-order chi connectivity index (χ0) is 28.6. The van der Waals surface area contributed by atoms with Crippen LogP contribution in [0.2, 0.25) is 0 Å².